The van der Waals surface area contributed by atoms with Gasteiger partial charge in [-0.15, -0.1) is 0 Å². The zero-order valence-electron chi connectivity index (χ0n) is 16.2. The van der Waals surface area contributed by atoms with Gasteiger partial charge in [0.1, 0.15) is 12.6 Å². The fourth-order valence-electron chi connectivity index (χ4n) is 3.59. The van der Waals surface area contributed by atoms with Gasteiger partial charge < -0.3 is 24.6 Å². The molecule has 3 atom stereocenters. The maximum Gasteiger partial charge on any atom is 1.00 e. The number of rotatable bonds is 14. The average molecular weight is 383 g/mol. The second-order valence-corrected chi connectivity index (χ2v) is 6.15. The van der Waals surface area contributed by atoms with Crippen LogP contribution in [0.25, 0.3) is 0 Å². The summed E-state index contributed by atoms with van der Waals surface area (Å²) in [5.74, 6) is -2.26. The molecule has 0 aromatic heterocycles. The molecular formula is C18H33KNO5+. The Hall–Kier alpha value is 0.236. The van der Waals surface area contributed by atoms with E-state index in [1.54, 1.807) is 13.8 Å². The number of carboxylic acids is 2. The fourth-order valence-corrected chi connectivity index (χ4v) is 3.59. The van der Waals surface area contributed by atoms with E-state index in [0.717, 1.165) is 19.3 Å². The third-order valence-electron chi connectivity index (χ3n) is 4.69. The second-order valence-electron chi connectivity index (χ2n) is 6.15. The summed E-state index contributed by atoms with van der Waals surface area (Å²) in [7, 11) is 0. The van der Waals surface area contributed by atoms with E-state index >= 15 is 0 Å². The molecule has 0 fully saturated rings. The normalized spacial score (nSPS) is 16.0. The first-order chi connectivity index (χ1) is 11.4. The number of hydrogen-bond donors (Lipinski definition) is 2. The SMILES string of the molecule is CC/C=C/CCCC[N+](CCO)(C(CC)C(=O)[O-])C(CC)C(=O)O.[K+]. The number of carbonyl (C=O) groups excluding carboxylic acids is 1. The van der Waals surface area contributed by atoms with Crippen LogP contribution in [0.15, 0.2) is 12.2 Å². The number of quaternary nitrogens is 1. The van der Waals surface area contributed by atoms with E-state index < -0.39 is 24.0 Å². The Morgan fingerprint density at radius 1 is 1.04 bits per heavy atom. The number of nitrogens with zero attached hydrogens (tertiary/aromatic N) is 1. The molecule has 0 aliphatic heterocycles. The van der Waals surface area contributed by atoms with Crippen molar-refractivity contribution in [2.45, 2.75) is 71.4 Å². The molecule has 0 aliphatic rings. The Balaban J connectivity index is 0. The van der Waals surface area contributed by atoms with Gasteiger partial charge in [-0.25, -0.2) is 4.79 Å². The van der Waals surface area contributed by atoms with Gasteiger partial charge in [0.2, 0.25) is 0 Å². The average Bonchev–Trinajstić information content (AvgIpc) is 2.51. The van der Waals surface area contributed by atoms with E-state index in [1.165, 1.54) is 0 Å². The molecule has 140 valence electrons. The van der Waals surface area contributed by atoms with Crippen LogP contribution in [0, 0.1) is 0 Å². The first-order valence-electron chi connectivity index (χ1n) is 8.97. The van der Waals surface area contributed by atoms with Crippen molar-refractivity contribution in [2.75, 3.05) is 19.7 Å². The summed E-state index contributed by atoms with van der Waals surface area (Å²) in [5, 5.41) is 30.8. The van der Waals surface area contributed by atoms with Gasteiger partial charge >= 0.3 is 57.4 Å². The summed E-state index contributed by atoms with van der Waals surface area (Å²) in [6, 6.07) is -1.78. The first kappa shape index (κ1) is 27.5. The van der Waals surface area contributed by atoms with Crippen molar-refractivity contribution in [3.63, 3.8) is 0 Å². The van der Waals surface area contributed by atoms with Crippen molar-refractivity contribution in [1.29, 1.82) is 0 Å². The molecule has 6 nitrogen and oxygen atoms in total. The van der Waals surface area contributed by atoms with E-state index in [-0.39, 0.29) is 75.4 Å². The molecule has 3 unspecified atom stereocenters. The summed E-state index contributed by atoms with van der Waals surface area (Å²) >= 11 is 0. The van der Waals surface area contributed by atoms with E-state index in [4.69, 9.17) is 0 Å². The van der Waals surface area contributed by atoms with Crippen molar-refractivity contribution in [3.05, 3.63) is 12.2 Å². The molecule has 0 aromatic carbocycles. The van der Waals surface area contributed by atoms with Crippen molar-refractivity contribution in [2.24, 2.45) is 0 Å². The second kappa shape index (κ2) is 15.3. The molecule has 0 amide bonds. The van der Waals surface area contributed by atoms with Gasteiger partial charge in [0.25, 0.3) is 0 Å². The van der Waals surface area contributed by atoms with Gasteiger partial charge in [-0.05, 0) is 25.7 Å². The predicted molar refractivity (Wildman–Crippen MR) is 91.2 cm³/mol. The van der Waals surface area contributed by atoms with Crippen LogP contribution in [-0.4, -0.2) is 58.4 Å². The van der Waals surface area contributed by atoms with Gasteiger partial charge in [0.15, 0.2) is 6.04 Å². The number of carbonyl (C=O) groups is 2. The molecule has 0 aliphatic carbocycles. The van der Waals surface area contributed by atoms with Crippen LogP contribution < -0.4 is 56.5 Å². The number of unbranched alkanes of at least 4 members (excludes halogenated alkanes) is 2. The van der Waals surface area contributed by atoms with Crippen molar-refractivity contribution in [1.82, 2.24) is 0 Å². The molecule has 0 aromatic rings. The topological polar surface area (TPSA) is 97.7 Å². The first-order valence-corrected chi connectivity index (χ1v) is 8.97. The summed E-state index contributed by atoms with van der Waals surface area (Å²) in [4.78, 5) is 23.4. The van der Waals surface area contributed by atoms with Crippen LogP contribution in [0.5, 0.6) is 0 Å². The molecule has 0 heterocycles. The summed E-state index contributed by atoms with van der Waals surface area (Å²) in [6.07, 6.45) is 8.20. The van der Waals surface area contributed by atoms with Crippen LogP contribution in [0.4, 0.5) is 0 Å². The van der Waals surface area contributed by atoms with Crippen molar-refractivity contribution < 1.29 is 80.8 Å². The van der Waals surface area contributed by atoms with Gasteiger partial charge in [-0.1, -0.05) is 32.9 Å². The number of aliphatic hydroxyl groups excluding tert-OH is 1. The quantitative estimate of drug-likeness (QED) is 0.162. The van der Waals surface area contributed by atoms with Gasteiger partial charge in [0, 0.05) is 12.8 Å². The molecule has 2 N–H and O–H groups in total. The molecule has 7 heteroatoms. The number of aliphatic hydroxyl groups is 1. The third kappa shape index (κ3) is 8.64. The van der Waals surface area contributed by atoms with E-state index in [1.807, 2.05) is 0 Å². The monoisotopic (exact) mass is 382 g/mol. The van der Waals surface area contributed by atoms with E-state index in [0.29, 0.717) is 19.4 Å². The Labute approximate surface area is 194 Å². The standard InChI is InChI=1S/C18H33NO5.K/c1-4-7-8-9-10-11-12-19(13-14-20,15(5-2)17(21)22)16(6-3)18(23)24;/h7-8,15-16,20H,4-6,9-14H2,1-3H3,(H-,21,22,23,24);/q;+1/b8-7+;. The molecule has 25 heavy (non-hydrogen) atoms. The number of hydrogen-bond acceptors (Lipinski definition) is 4. The fraction of sp³-hybridized carbons (Fsp3) is 0.778. The van der Waals surface area contributed by atoms with Crippen LogP contribution in [-0.2, 0) is 9.59 Å². The predicted octanol–water partition coefficient (Wildman–Crippen LogP) is -1.67. The largest absolute Gasteiger partial charge is 1.00 e. The van der Waals surface area contributed by atoms with Gasteiger partial charge in [-0.2, -0.15) is 0 Å². The summed E-state index contributed by atoms with van der Waals surface area (Å²) < 4.78 is -0.140. The molecular weight excluding hydrogens is 349 g/mol. The van der Waals surface area contributed by atoms with Crippen LogP contribution >= 0.6 is 0 Å². The van der Waals surface area contributed by atoms with Crippen molar-refractivity contribution >= 4 is 11.9 Å². The third-order valence-corrected chi connectivity index (χ3v) is 4.69. The Kier molecular flexibility index (Phi) is 16.8. The maximum absolute atomic E-state index is 11.7. The van der Waals surface area contributed by atoms with Crippen LogP contribution in [0.3, 0.4) is 0 Å². The molecule has 0 bridgehead atoms. The smallest absolute Gasteiger partial charge is 0.544 e. The summed E-state index contributed by atoms with van der Waals surface area (Å²) in [6.45, 7) is 5.81. The Bertz CT molecular complexity index is 392. The zero-order chi connectivity index (χ0) is 18.6. The summed E-state index contributed by atoms with van der Waals surface area (Å²) in [5.41, 5.74) is 0. The van der Waals surface area contributed by atoms with E-state index in [2.05, 4.69) is 19.1 Å². The maximum atomic E-state index is 11.7. The Morgan fingerprint density at radius 3 is 2.04 bits per heavy atom. The molecule has 0 spiro atoms. The minimum Gasteiger partial charge on any atom is -0.544 e. The molecule has 0 rings (SSSR count). The van der Waals surface area contributed by atoms with Gasteiger partial charge in [0.05, 0.1) is 19.1 Å². The van der Waals surface area contributed by atoms with E-state index in [9.17, 15) is 24.9 Å². The minimum atomic E-state index is -1.24. The molecule has 0 saturated heterocycles. The van der Waals surface area contributed by atoms with Crippen LogP contribution in [0.2, 0.25) is 0 Å². The zero-order valence-corrected chi connectivity index (χ0v) is 19.4. The molecule has 0 radical (unpaired) electrons. The number of allylic oxidation sites excluding steroid dienone is 2. The Morgan fingerprint density at radius 2 is 1.64 bits per heavy atom. The van der Waals surface area contributed by atoms with Crippen LogP contribution in [0.1, 0.15) is 59.3 Å². The number of carboxylic acid groups (broad SMARTS) is 2. The minimum absolute atomic E-state index is 0. The van der Waals surface area contributed by atoms with Gasteiger partial charge in [-0.3, -0.25) is 0 Å². The van der Waals surface area contributed by atoms with Crippen molar-refractivity contribution in [3.8, 4) is 0 Å². The number of aliphatic carboxylic acids is 2. The molecule has 0 saturated carbocycles.